The van der Waals surface area contributed by atoms with Crippen molar-refractivity contribution in [1.82, 2.24) is 20.1 Å². The number of aromatic nitrogens is 3. The van der Waals surface area contributed by atoms with Gasteiger partial charge in [-0.15, -0.1) is 0 Å². The summed E-state index contributed by atoms with van der Waals surface area (Å²) in [5, 5.41) is 10.4. The summed E-state index contributed by atoms with van der Waals surface area (Å²) in [7, 11) is 1.31. The molecule has 9 heteroatoms. The van der Waals surface area contributed by atoms with Crippen molar-refractivity contribution in [1.29, 1.82) is 0 Å². The highest BCUT2D eigenvalue weighted by molar-refractivity contribution is 7.71. The van der Waals surface area contributed by atoms with Crippen molar-refractivity contribution in [2.45, 2.75) is 19.0 Å². The Morgan fingerprint density at radius 2 is 1.90 bits per heavy atom. The Balaban J connectivity index is 1.80. The van der Waals surface area contributed by atoms with Crippen molar-refractivity contribution >= 4 is 35.7 Å². The molecule has 3 aromatic rings. The molecule has 0 bridgehead atoms. The molecule has 0 spiro atoms. The van der Waals surface area contributed by atoms with Crippen LogP contribution in [0.4, 0.5) is 0 Å². The highest BCUT2D eigenvalue weighted by Crippen LogP contribution is 2.21. The summed E-state index contributed by atoms with van der Waals surface area (Å²) >= 11 is 11.2. The van der Waals surface area contributed by atoms with Gasteiger partial charge in [0.25, 0.3) is 0 Å². The standard InChI is InChI=1S/C20H19ClN4O3S/c1-28-18(27)11-16(13-5-3-2-4-6-13)22-17(26)12-25-19(23-24-20(25)29)14-7-9-15(21)10-8-14/h2-10,16H,11-12H2,1H3,(H,22,26)(H,24,29). The number of halogens is 1. The number of nitrogens with one attached hydrogen (secondary N) is 2. The largest absolute Gasteiger partial charge is 0.469 e. The van der Waals surface area contributed by atoms with E-state index in [4.69, 9.17) is 28.6 Å². The molecule has 0 aliphatic carbocycles. The second-order valence-electron chi connectivity index (χ2n) is 6.26. The first-order chi connectivity index (χ1) is 14.0. The number of methoxy groups -OCH3 is 1. The number of amides is 1. The molecule has 0 aliphatic rings. The second kappa shape index (κ2) is 9.49. The molecule has 150 valence electrons. The third-order valence-electron chi connectivity index (χ3n) is 4.30. The normalized spacial score (nSPS) is 11.7. The molecular formula is C20H19ClN4O3S. The van der Waals surface area contributed by atoms with E-state index in [0.29, 0.717) is 15.6 Å². The van der Waals surface area contributed by atoms with E-state index in [-0.39, 0.29) is 18.9 Å². The van der Waals surface area contributed by atoms with Gasteiger partial charge in [0.15, 0.2) is 10.6 Å². The average Bonchev–Trinajstić information content (AvgIpc) is 3.08. The maximum atomic E-state index is 12.8. The molecule has 1 heterocycles. The van der Waals surface area contributed by atoms with Gasteiger partial charge < -0.3 is 10.1 Å². The van der Waals surface area contributed by atoms with Crippen molar-refractivity contribution < 1.29 is 14.3 Å². The fourth-order valence-corrected chi connectivity index (χ4v) is 3.18. The van der Waals surface area contributed by atoms with Crippen LogP contribution in [0.1, 0.15) is 18.0 Å². The summed E-state index contributed by atoms with van der Waals surface area (Å²) in [6.07, 6.45) is 0.0209. The van der Waals surface area contributed by atoms with Gasteiger partial charge in [0.2, 0.25) is 5.91 Å². The summed E-state index contributed by atoms with van der Waals surface area (Å²) in [4.78, 5) is 24.6. The maximum Gasteiger partial charge on any atom is 0.307 e. The monoisotopic (exact) mass is 430 g/mol. The van der Waals surface area contributed by atoms with Crippen LogP contribution in [0, 0.1) is 4.77 Å². The van der Waals surface area contributed by atoms with Gasteiger partial charge in [-0.05, 0) is 42.0 Å². The van der Waals surface area contributed by atoms with Crippen LogP contribution in [0.5, 0.6) is 0 Å². The lowest BCUT2D eigenvalue weighted by atomic mass is 10.0. The first kappa shape index (κ1) is 20.8. The molecule has 0 radical (unpaired) electrons. The van der Waals surface area contributed by atoms with Gasteiger partial charge >= 0.3 is 5.97 Å². The highest BCUT2D eigenvalue weighted by Gasteiger charge is 2.20. The van der Waals surface area contributed by atoms with E-state index < -0.39 is 12.0 Å². The van der Waals surface area contributed by atoms with Crippen LogP contribution < -0.4 is 5.32 Å². The van der Waals surface area contributed by atoms with E-state index in [1.54, 1.807) is 28.8 Å². The van der Waals surface area contributed by atoms with Gasteiger partial charge in [-0.1, -0.05) is 41.9 Å². The summed E-state index contributed by atoms with van der Waals surface area (Å²) in [6, 6.07) is 15.8. The van der Waals surface area contributed by atoms with Gasteiger partial charge in [-0.3, -0.25) is 19.3 Å². The fraction of sp³-hybridized carbons (Fsp3) is 0.200. The molecule has 0 saturated carbocycles. The Kier molecular flexibility index (Phi) is 6.79. The summed E-state index contributed by atoms with van der Waals surface area (Å²) in [6.45, 7) is -0.0577. The van der Waals surface area contributed by atoms with Crippen molar-refractivity contribution in [3.8, 4) is 11.4 Å². The second-order valence-corrected chi connectivity index (χ2v) is 7.08. The van der Waals surface area contributed by atoms with Crippen LogP contribution >= 0.6 is 23.8 Å². The van der Waals surface area contributed by atoms with E-state index >= 15 is 0 Å². The average molecular weight is 431 g/mol. The molecule has 3 rings (SSSR count). The molecule has 0 aliphatic heterocycles. The minimum absolute atomic E-state index is 0.0209. The zero-order chi connectivity index (χ0) is 20.8. The van der Waals surface area contributed by atoms with E-state index in [1.165, 1.54) is 7.11 Å². The minimum atomic E-state index is -0.517. The smallest absolute Gasteiger partial charge is 0.307 e. The zero-order valence-electron chi connectivity index (χ0n) is 15.6. The number of nitrogens with zero attached hydrogens (tertiary/aromatic N) is 2. The van der Waals surface area contributed by atoms with Crippen LogP contribution in [0.2, 0.25) is 5.02 Å². The van der Waals surface area contributed by atoms with Crippen LogP contribution in [-0.4, -0.2) is 33.8 Å². The number of carbonyl (C=O) groups is 2. The van der Waals surface area contributed by atoms with Crippen LogP contribution in [0.3, 0.4) is 0 Å². The van der Waals surface area contributed by atoms with Gasteiger partial charge in [0, 0.05) is 10.6 Å². The number of carbonyl (C=O) groups excluding carboxylic acids is 2. The van der Waals surface area contributed by atoms with E-state index in [2.05, 4.69) is 15.5 Å². The number of H-pyrrole nitrogens is 1. The predicted molar refractivity (Wildman–Crippen MR) is 112 cm³/mol. The SMILES string of the molecule is COC(=O)CC(NC(=O)Cn1c(-c2ccc(Cl)cc2)n[nH]c1=S)c1ccccc1. The Morgan fingerprint density at radius 1 is 1.21 bits per heavy atom. The number of benzene rings is 2. The molecule has 2 aromatic carbocycles. The number of hydrogen-bond acceptors (Lipinski definition) is 5. The summed E-state index contributed by atoms with van der Waals surface area (Å²) in [5.74, 6) is -0.206. The molecule has 7 nitrogen and oxygen atoms in total. The number of rotatable bonds is 7. The molecular weight excluding hydrogens is 412 g/mol. The fourth-order valence-electron chi connectivity index (χ4n) is 2.85. The van der Waals surface area contributed by atoms with Gasteiger partial charge in [0.1, 0.15) is 6.54 Å². The summed E-state index contributed by atoms with van der Waals surface area (Å²) < 4.78 is 6.66. The molecule has 0 saturated heterocycles. The molecule has 1 atom stereocenters. The molecule has 29 heavy (non-hydrogen) atoms. The zero-order valence-corrected chi connectivity index (χ0v) is 17.2. The highest BCUT2D eigenvalue weighted by atomic mass is 35.5. The molecule has 1 amide bonds. The Hall–Kier alpha value is -2.97. The Labute approximate surface area is 177 Å². The molecule has 1 aromatic heterocycles. The van der Waals surface area contributed by atoms with E-state index in [9.17, 15) is 9.59 Å². The first-order valence-corrected chi connectivity index (χ1v) is 9.59. The molecule has 0 fully saturated rings. The lowest BCUT2D eigenvalue weighted by Crippen LogP contribution is -2.33. The lowest BCUT2D eigenvalue weighted by Gasteiger charge is -2.18. The minimum Gasteiger partial charge on any atom is -0.469 e. The van der Waals surface area contributed by atoms with Crippen molar-refractivity contribution in [2.24, 2.45) is 0 Å². The van der Waals surface area contributed by atoms with Gasteiger partial charge in [-0.25, -0.2) is 0 Å². The molecule has 1 unspecified atom stereocenters. The third-order valence-corrected chi connectivity index (χ3v) is 4.86. The van der Waals surface area contributed by atoms with Crippen molar-refractivity contribution in [2.75, 3.05) is 7.11 Å². The Bertz CT molecular complexity index is 1050. The van der Waals surface area contributed by atoms with Crippen molar-refractivity contribution in [3.05, 3.63) is 70.0 Å². The van der Waals surface area contributed by atoms with E-state index in [0.717, 1.165) is 11.1 Å². The lowest BCUT2D eigenvalue weighted by molar-refractivity contribution is -0.141. The van der Waals surface area contributed by atoms with Crippen molar-refractivity contribution in [3.63, 3.8) is 0 Å². The number of hydrogen-bond donors (Lipinski definition) is 2. The van der Waals surface area contributed by atoms with Gasteiger partial charge in [-0.2, -0.15) is 5.10 Å². The first-order valence-electron chi connectivity index (χ1n) is 8.80. The van der Waals surface area contributed by atoms with E-state index in [1.807, 2.05) is 30.3 Å². The predicted octanol–water partition coefficient (Wildman–Crippen LogP) is 3.68. The summed E-state index contributed by atoms with van der Waals surface area (Å²) in [5.41, 5.74) is 1.57. The van der Waals surface area contributed by atoms with Crippen LogP contribution in [0.25, 0.3) is 11.4 Å². The quantitative estimate of drug-likeness (QED) is 0.441. The maximum absolute atomic E-state index is 12.8. The molecule has 2 N–H and O–H groups in total. The number of aromatic amines is 1. The van der Waals surface area contributed by atoms with Gasteiger partial charge in [0.05, 0.1) is 19.6 Å². The number of ether oxygens (including phenoxy) is 1. The third kappa shape index (κ3) is 5.30. The van der Waals surface area contributed by atoms with Crippen LogP contribution in [-0.2, 0) is 20.9 Å². The Morgan fingerprint density at radius 3 is 2.55 bits per heavy atom. The van der Waals surface area contributed by atoms with Crippen LogP contribution in [0.15, 0.2) is 54.6 Å². The topological polar surface area (TPSA) is 89.0 Å². The number of esters is 1.